The number of benzene rings is 1. The zero-order valence-corrected chi connectivity index (χ0v) is 9.17. The Labute approximate surface area is 92.0 Å². The van der Waals surface area contributed by atoms with E-state index in [2.05, 4.69) is 30.5 Å². The first-order chi connectivity index (χ1) is 7.33. The van der Waals surface area contributed by atoms with Crippen LogP contribution in [0.25, 0.3) is 22.3 Å². The van der Waals surface area contributed by atoms with E-state index in [0.717, 1.165) is 16.7 Å². The van der Waals surface area contributed by atoms with Gasteiger partial charge in [-0.3, -0.25) is 0 Å². The molecule has 2 heteroatoms. The molecule has 2 aromatic heterocycles. The third kappa shape index (κ3) is 1.47. The summed E-state index contributed by atoms with van der Waals surface area (Å²) in [6.45, 7) is 2.11. The molecule has 0 fully saturated rings. The monoisotopic (exact) mass is 214 g/mol. The number of fused-ring (bicyclic) bond motifs is 1. The lowest BCUT2D eigenvalue weighted by molar-refractivity contribution is 0.632. The lowest BCUT2D eigenvalue weighted by Gasteiger charge is -1.87. The second-order valence-electron chi connectivity index (χ2n) is 3.59. The summed E-state index contributed by atoms with van der Waals surface area (Å²) in [4.78, 5) is 1.31. The second-order valence-corrected chi connectivity index (χ2v) is 4.71. The quantitative estimate of drug-likeness (QED) is 0.582. The van der Waals surface area contributed by atoms with Crippen LogP contribution in [0.3, 0.4) is 0 Å². The largest absolute Gasteiger partial charge is 0.456 e. The van der Waals surface area contributed by atoms with Crippen molar-refractivity contribution in [1.82, 2.24) is 0 Å². The van der Waals surface area contributed by atoms with Gasteiger partial charge in [-0.05, 0) is 25.1 Å². The lowest BCUT2D eigenvalue weighted by atomic mass is 10.2. The average Bonchev–Trinajstić information content (AvgIpc) is 2.82. The van der Waals surface area contributed by atoms with Crippen LogP contribution in [-0.4, -0.2) is 0 Å². The van der Waals surface area contributed by atoms with Gasteiger partial charge in [0.15, 0.2) is 0 Å². The van der Waals surface area contributed by atoms with Gasteiger partial charge < -0.3 is 4.42 Å². The van der Waals surface area contributed by atoms with E-state index in [-0.39, 0.29) is 0 Å². The summed E-state index contributed by atoms with van der Waals surface area (Å²) in [5.41, 5.74) is 2.13. The molecule has 0 bridgehead atoms. The number of rotatable bonds is 1. The molecule has 0 N–H and O–H groups in total. The van der Waals surface area contributed by atoms with Crippen LogP contribution in [-0.2, 0) is 0 Å². The molecule has 0 spiro atoms. The molecule has 0 radical (unpaired) electrons. The number of hydrogen-bond donors (Lipinski definition) is 0. The van der Waals surface area contributed by atoms with Crippen molar-refractivity contribution < 1.29 is 4.42 Å². The van der Waals surface area contributed by atoms with Crippen molar-refractivity contribution in [3.8, 4) is 11.3 Å². The maximum Gasteiger partial charge on any atom is 0.136 e. The van der Waals surface area contributed by atoms with Crippen LogP contribution < -0.4 is 0 Å². The standard InChI is InChI=1S/C13H10OS/c1-9-6-11(8-15-9)13-7-10-4-2-3-5-12(10)14-13/h2-8H,1H3. The Balaban J connectivity index is 2.19. The minimum absolute atomic E-state index is 0.955. The Kier molecular flexibility index (Phi) is 1.89. The molecule has 3 rings (SSSR count). The molecule has 0 saturated heterocycles. The van der Waals surface area contributed by atoms with Gasteiger partial charge in [-0.25, -0.2) is 0 Å². The molecule has 1 nitrogen and oxygen atoms in total. The second kappa shape index (κ2) is 3.24. The first kappa shape index (κ1) is 8.74. The zero-order chi connectivity index (χ0) is 10.3. The summed E-state index contributed by atoms with van der Waals surface area (Å²) < 4.78 is 5.77. The lowest BCUT2D eigenvalue weighted by Crippen LogP contribution is -1.63. The van der Waals surface area contributed by atoms with Crippen molar-refractivity contribution >= 4 is 22.3 Å². The Hall–Kier alpha value is -1.54. The van der Waals surface area contributed by atoms with Crippen molar-refractivity contribution in [3.05, 3.63) is 46.7 Å². The summed E-state index contributed by atoms with van der Waals surface area (Å²) in [6.07, 6.45) is 0. The summed E-state index contributed by atoms with van der Waals surface area (Å²) in [5.74, 6) is 0.959. The Morgan fingerprint density at radius 1 is 1.13 bits per heavy atom. The molecule has 3 aromatic rings. The highest BCUT2D eigenvalue weighted by molar-refractivity contribution is 7.10. The molecule has 2 heterocycles. The number of thiophene rings is 1. The smallest absolute Gasteiger partial charge is 0.136 e. The number of para-hydroxylation sites is 1. The van der Waals surface area contributed by atoms with Gasteiger partial charge in [0.1, 0.15) is 11.3 Å². The van der Waals surface area contributed by atoms with Gasteiger partial charge >= 0.3 is 0 Å². The van der Waals surface area contributed by atoms with E-state index >= 15 is 0 Å². The highest BCUT2D eigenvalue weighted by atomic mass is 32.1. The Bertz CT molecular complexity index is 571. The highest BCUT2D eigenvalue weighted by Gasteiger charge is 2.06. The molecule has 0 unspecified atom stereocenters. The van der Waals surface area contributed by atoms with Crippen LogP contribution in [0.4, 0.5) is 0 Å². The predicted molar refractivity (Wildman–Crippen MR) is 64.3 cm³/mol. The SMILES string of the molecule is Cc1cc(-c2cc3ccccc3o2)cs1. The fraction of sp³-hybridized carbons (Fsp3) is 0.0769. The molecule has 0 atom stereocenters. The number of aryl methyl sites for hydroxylation is 1. The third-order valence-electron chi connectivity index (χ3n) is 2.44. The van der Waals surface area contributed by atoms with Crippen LogP contribution in [0.15, 0.2) is 46.2 Å². The van der Waals surface area contributed by atoms with Gasteiger partial charge in [0, 0.05) is 21.2 Å². The van der Waals surface area contributed by atoms with E-state index in [4.69, 9.17) is 4.42 Å². The zero-order valence-electron chi connectivity index (χ0n) is 8.36. The van der Waals surface area contributed by atoms with Gasteiger partial charge in [-0.15, -0.1) is 11.3 Å². The molecular formula is C13H10OS. The summed E-state index contributed by atoms with van der Waals surface area (Å²) in [7, 11) is 0. The molecule has 74 valence electrons. The van der Waals surface area contributed by atoms with Crippen molar-refractivity contribution in [3.63, 3.8) is 0 Å². The van der Waals surface area contributed by atoms with Crippen molar-refractivity contribution in [2.45, 2.75) is 6.92 Å². The maximum atomic E-state index is 5.77. The molecule has 15 heavy (non-hydrogen) atoms. The van der Waals surface area contributed by atoms with E-state index in [0.29, 0.717) is 0 Å². The van der Waals surface area contributed by atoms with Crippen molar-refractivity contribution in [2.75, 3.05) is 0 Å². The van der Waals surface area contributed by atoms with Crippen molar-refractivity contribution in [2.24, 2.45) is 0 Å². The molecule has 0 aliphatic carbocycles. The molecule has 0 aliphatic rings. The minimum atomic E-state index is 0.955. The van der Waals surface area contributed by atoms with E-state index in [1.807, 2.05) is 18.2 Å². The molecule has 1 aromatic carbocycles. The number of furan rings is 1. The van der Waals surface area contributed by atoms with Crippen LogP contribution in [0.5, 0.6) is 0 Å². The van der Waals surface area contributed by atoms with E-state index in [1.165, 1.54) is 10.4 Å². The Morgan fingerprint density at radius 3 is 2.73 bits per heavy atom. The fourth-order valence-electron chi connectivity index (χ4n) is 1.70. The molecule has 0 aliphatic heterocycles. The van der Waals surface area contributed by atoms with Gasteiger partial charge in [0.05, 0.1) is 0 Å². The van der Waals surface area contributed by atoms with Crippen LogP contribution in [0, 0.1) is 6.92 Å². The third-order valence-corrected chi connectivity index (χ3v) is 3.30. The molecular weight excluding hydrogens is 204 g/mol. The topological polar surface area (TPSA) is 13.1 Å². The molecule has 0 saturated carbocycles. The van der Waals surface area contributed by atoms with Gasteiger partial charge in [0.2, 0.25) is 0 Å². The van der Waals surface area contributed by atoms with E-state index < -0.39 is 0 Å². The van der Waals surface area contributed by atoms with Crippen LogP contribution in [0.1, 0.15) is 4.88 Å². The van der Waals surface area contributed by atoms with Gasteiger partial charge in [-0.2, -0.15) is 0 Å². The Morgan fingerprint density at radius 2 is 2.00 bits per heavy atom. The maximum absolute atomic E-state index is 5.77. The van der Waals surface area contributed by atoms with Crippen molar-refractivity contribution in [1.29, 1.82) is 0 Å². The fourth-order valence-corrected chi connectivity index (χ4v) is 2.39. The van der Waals surface area contributed by atoms with E-state index in [1.54, 1.807) is 11.3 Å². The summed E-state index contributed by atoms with van der Waals surface area (Å²) in [6, 6.07) is 12.3. The average molecular weight is 214 g/mol. The van der Waals surface area contributed by atoms with Crippen LogP contribution in [0.2, 0.25) is 0 Å². The summed E-state index contributed by atoms with van der Waals surface area (Å²) in [5, 5.41) is 3.30. The normalized spacial score (nSPS) is 11.0. The first-order valence-electron chi connectivity index (χ1n) is 4.87. The van der Waals surface area contributed by atoms with Crippen LogP contribution >= 0.6 is 11.3 Å². The minimum Gasteiger partial charge on any atom is -0.456 e. The van der Waals surface area contributed by atoms with Gasteiger partial charge in [-0.1, -0.05) is 18.2 Å². The first-order valence-corrected chi connectivity index (χ1v) is 5.75. The van der Waals surface area contributed by atoms with Gasteiger partial charge in [0.25, 0.3) is 0 Å². The summed E-state index contributed by atoms with van der Waals surface area (Å²) >= 11 is 1.75. The van der Waals surface area contributed by atoms with E-state index in [9.17, 15) is 0 Å². The predicted octanol–water partition coefficient (Wildman–Crippen LogP) is 4.47. The number of hydrogen-bond acceptors (Lipinski definition) is 2. The molecule has 0 amide bonds. The highest BCUT2D eigenvalue weighted by Crippen LogP contribution is 2.30.